The molecule has 0 bridgehead atoms. The predicted octanol–water partition coefficient (Wildman–Crippen LogP) is 3.08. The maximum Gasteiger partial charge on any atom is 0.339 e. The van der Waals surface area contributed by atoms with E-state index in [1.54, 1.807) is 12.1 Å². The highest BCUT2D eigenvalue weighted by molar-refractivity contribution is 5.91. The van der Waals surface area contributed by atoms with Crippen LogP contribution in [-0.4, -0.2) is 33.0 Å². The molecule has 2 aromatic rings. The zero-order valence-corrected chi connectivity index (χ0v) is 13.3. The summed E-state index contributed by atoms with van der Waals surface area (Å²) in [5.41, 5.74) is 0.840. The van der Waals surface area contributed by atoms with E-state index >= 15 is 0 Å². The van der Waals surface area contributed by atoms with E-state index in [4.69, 9.17) is 9.84 Å². The molecule has 0 aliphatic heterocycles. The first-order valence-electron chi connectivity index (χ1n) is 7.66. The zero-order chi connectivity index (χ0) is 17.7. The van der Waals surface area contributed by atoms with Crippen LogP contribution in [0.1, 0.15) is 34.8 Å². The first-order valence-corrected chi connectivity index (χ1v) is 7.66. The van der Waals surface area contributed by atoms with Crippen molar-refractivity contribution in [2.75, 3.05) is 6.61 Å². The number of aromatic carboxylic acids is 1. The molecule has 0 fully saturated rings. The van der Waals surface area contributed by atoms with Crippen LogP contribution < -0.4 is 4.74 Å². The quantitative estimate of drug-likeness (QED) is 0.581. The van der Waals surface area contributed by atoms with Gasteiger partial charge in [-0.3, -0.25) is 0 Å². The number of para-hydroxylation sites is 1. The molecule has 0 atom stereocenters. The minimum Gasteiger partial charge on any atom is -0.507 e. The van der Waals surface area contributed by atoms with E-state index in [1.807, 2.05) is 6.92 Å². The van der Waals surface area contributed by atoms with E-state index in [1.165, 1.54) is 18.2 Å². The van der Waals surface area contributed by atoms with Gasteiger partial charge >= 0.3 is 5.97 Å². The summed E-state index contributed by atoms with van der Waals surface area (Å²) in [6.07, 6.45) is 1.56. The fourth-order valence-corrected chi connectivity index (χ4v) is 2.47. The number of carboxylic acid groups (broad SMARTS) is 1. The lowest BCUT2D eigenvalue weighted by atomic mass is 10.0. The molecule has 6 heteroatoms. The number of hydrogen-bond donors (Lipinski definition) is 4. The number of carboxylic acids is 1. The average Bonchev–Trinajstić information content (AvgIpc) is 2.54. The molecule has 2 aromatic carbocycles. The second-order valence-corrected chi connectivity index (χ2v) is 5.38. The maximum absolute atomic E-state index is 11.1. The lowest BCUT2D eigenvalue weighted by Gasteiger charge is -2.14. The summed E-state index contributed by atoms with van der Waals surface area (Å²) in [5, 5.41) is 38.4. The van der Waals surface area contributed by atoms with Crippen LogP contribution in [0.25, 0.3) is 0 Å². The number of ether oxygens (including phenoxy) is 1. The second kappa shape index (κ2) is 7.59. The fraction of sp³-hybridized carbons (Fsp3) is 0.278. The summed E-state index contributed by atoms with van der Waals surface area (Å²) < 4.78 is 5.66. The molecule has 0 heterocycles. The highest BCUT2D eigenvalue weighted by Crippen LogP contribution is 2.33. The van der Waals surface area contributed by atoms with Crippen molar-refractivity contribution in [1.29, 1.82) is 0 Å². The molecule has 24 heavy (non-hydrogen) atoms. The number of phenols is 3. The molecule has 0 radical (unpaired) electrons. The molecular formula is C18H20O6. The van der Waals surface area contributed by atoms with E-state index < -0.39 is 5.97 Å². The smallest absolute Gasteiger partial charge is 0.339 e. The average molecular weight is 332 g/mol. The molecule has 0 saturated carbocycles. The molecule has 4 N–H and O–H groups in total. The van der Waals surface area contributed by atoms with Crippen LogP contribution in [0.2, 0.25) is 0 Å². The Balaban J connectivity index is 2.16. The fourth-order valence-electron chi connectivity index (χ4n) is 2.47. The second-order valence-electron chi connectivity index (χ2n) is 5.38. The van der Waals surface area contributed by atoms with E-state index in [9.17, 15) is 20.1 Å². The molecule has 0 spiro atoms. The van der Waals surface area contributed by atoms with Gasteiger partial charge in [0.1, 0.15) is 17.1 Å². The van der Waals surface area contributed by atoms with Crippen molar-refractivity contribution >= 4 is 5.97 Å². The highest BCUT2D eigenvalue weighted by Gasteiger charge is 2.17. The number of carbonyl (C=O) groups is 1. The zero-order valence-electron chi connectivity index (χ0n) is 13.3. The normalized spacial score (nSPS) is 10.5. The Kier molecular flexibility index (Phi) is 5.52. The minimum absolute atomic E-state index is 0.156. The summed E-state index contributed by atoms with van der Waals surface area (Å²) in [4.78, 5) is 11.1. The molecule has 128 valence electrons. The minimum atomic E-state index is -1.19. The summed E-state index contributed by atoms with van der Waals surface area (Å²) >= 11 is 0. The number of hydrogen-bond acceptors (Lipinski definition) is 5. The number of rotatable bonds is 7. The third-order valence-electron chi connectivity index (χ3n) is 3.70. The Hall–Kier alpha value is -2.89. The van der Waals surface area contributed by atoms with Gasteiger partial charge in [0.2, 0.25) is 0 Å². The van der Waals surface area contributed by atoms with Crippen molar-refractivity contribution in [2.24, 2.45) is 0 Å². The van der Waals surface area contributed by atoms with Crippen LogP contribution in [0.15, 0.2) is 30.3 Å². The van der Waals surface area contributed by atoms with Gasteiger partial charge in [0, 0.05) is 17.5 Å². The third-order valence-corrected chi connectivity index (χ3v) is 3.70. The highest BCUT2D eigenvalue weighted by atomic mass is 16.5. The van der Waals surface area contributed by atoms with Crippen molar-refractivity contribution in [2.45, 2.75) is 26.2 Å². The Bertz CT molecular complexity index is 739. The van der Waals surface area contributed by atoms with Crippen LogP contribution in [0, 0.1) is 0 Å². The van der Waals surface area contributed by atoms with Crippen molar-refractivity contribution < 1.29 is 30.0 Å². The molecular weight excluding hydrogens is 312 g/mol. The maximum atomic E-state index is 11.1. The van der Waals surface area contributed by atoms with Crippen molar-refractivity contribution in [1.82, 2.24) is 0 Å². The van der Waals surface area contributed by atoms with Crippen LogP contribution in [0.5, 0.6) is 23.0 Å². The van der Waals surface area contributed by atoms with Crippen LogP contribution >= 0.6 is 0 Å². The summed E-state index contributed by atoms with van der Waals surface area (Å²) in [5.74, 6) is -1.43. The van der Waals surface area contributed by atoms with E-state index in [2.05, 4.69) is 0 Å². The lowest BCUT2D eigenvalue weighted by Crippen LogP contribution is -2.06. The monoisotopic (exact) mass is 332 g/mol. The van der Waals surface area contributed by atoms with Crippen molar-refractivity contribution in [3.05, 3.63) is 47.0 Å². The van der Waals surface area contributed by atoms with Gasteiger partial charge < -0.3 is 25.2 Å². The van der Waals surface area contributed by atoms with Gasteiger partial charge in [-0.15, -0.1) is 0 Å². The Morgan fingerprint density at radius 1 is 1.04 bits per heavy atom. The van der Waals surface area contributed by atoms with Crippen LogP contribution in [-0.2, 0) is 12.8 Å². The molecule has 0 aliphatic carbocycles. The predicted molar refractivity (Wildman–Crippen MR) is 88.0 cm³/mol. The number of aromatic hydroxyl groups is 3. The first-order chi connectivity index (χ1) is 11.5. The van der Waals surface area contributed by atoms with Gasteiger partial charge in [0.25, 0.3) is 0 Å². The third kappa shape index (κ3) is 3.71. The topological polar surface area (TPSA) is 107 Å². The van der Waals surface area contributed by atoms with Crippen molar-refractivity contribution in [3.8, 4) is 23.0 Å². The standard InChI is InChI=1S/C18H20O6/c1-2-4-12-15(8-7-13(17(12)21)18(22)23)24-10-9-11-5-3-6-14(19)16(11)20/h3,5-8,19-21H,2,4,9-10H2,1H3,(H,22,23). The molecule has 0 unspecified atom stereocenters. The van der Waals surface area contributed by atoms with Crippen LogP contribution in [0.4, 0.5) is 0 Å². The number of phenolic OH excluding ortho intramolecular Hbond substituents is 2. The molecule has 0 aromatic heterocycles. The molecule has 2 rings (SSSR count). The Morgan fingerprint density at radius 3 is 2.46 bits per heavy atom. The van der Waals surface area contributed by atoms with Gasteiger partial charge in [-0.25, -0.2) is 4.79 Å². The van der Waals surface area contributed by atoms with Gasteiger partial charge in [-0.1, -0.05) is 25.5 Å². The van der Waals surface area contributed by atoms with E-state index in [0.29, 0.717) is 29.7 Å². The molecule has 0 aliphatic rings. The lowest BCUT2D eigenvalue weighted by molar-refractivity contribution is 0.0693. The molecule has 6 nitrogen and oxygen atoms in total. The van der Waals surface area contributed by atoms with Gasteiger partial charge in [-0.05, 0) is 24.6 Å². The van der Waals surface area contributed by atoms with Crippen LogP contribution in [0.3, 0.4) is 0 Å². The summed E-state index contributed by atoms with van der Waals surface area (Å²) in [6.45, 7) is 2.13. The first kappa shape index (κ1) is 17.5. The Labute approximate surface area is 139 Å². The largest absolute Gasteiger partial charge is 0.507 e. The number of benzene rings is 2. The van der Waals surface area contributed by atoms with Gasteiger partial charge in [-0.2, -0.15) is 0 Å². The molecule has 0 saturated heterocycles. The van der Waals surface area contributed by atoms with Crippen molar-refractivity contribution in [3.63, 3.8) is 0 Å². The van der Waals surface area contributed by atoms with E-state index in [0.717, 1.165) is 6.42 Å². The molecule has 0 amide bonds. The summed E-state index contributed by atoms with van der Waals surface area (Å²) in [7, 11) is 0. The van der Waals surface area contributed by atoms with Gasteiger partial charge in [0.15, 0.2) is 11.5 Å². The van der Waals surface area contributed by atoms with Gasteiger partial charge in [0.05, 0.1) is 6.61 Å². The van der Waals surface area contributed by atoms with E-state index in [-0.39, 0.29) is 29.4 Å². The SMILES string of the molecule is CCCc1c(OCCc2cccc(O)c2O)ccc(C(=O)O)c1O. The summed E-state index contributed by atoms with van der Waals surface area (Å²) in [6, 6.07) is 7.52. The Morgan fingerprint density at radius 2 is 1.79 bits per heavy atom.